The van der Waals surface area contributed by atoms with E-state index in [2.05, 4.69) is 0 Å². The summed E-state index contributed by atoms with van der Waals surface area (Å²) in [6.07, 6.45) is 3.63. The van der Waals surface area contributed by atoms with Crippen molar-refractivity contribution in [3.63, 3.8) is 0 Å². The third-order valence-electron chi connectivity index (χ3n) is 4.04. The number of hydrogen-bond acceptors (Lipinski definition) is 2. The Balaban J connectivity index is 1.96. The molecule has 0 aromatic heterocycles. The molecule has 2 bridgehead atoms. The van der Waals surface area contributed by atoms with Gasteiger partial charge in [0, 0.05) is 35.9 Å². The summed E-state index contributed by atoms with van der Waals surface area (Å²) in [7, 11) is 0. The van der Waals surface area contributed by atoms with E-state index in [-0.39, 0.29) is 18.1 Å². The summed E-state index contributed by atoms with van der Waals surface area (Å²) < 4.78 is 39.5. The number of halogens is 3. The third-order valence-corrected chi connectivity index (χ3v) is 4.04. The Morgan fingerprint density at radius 2 is 1.50 bits per heavy atom. The molecule has 3 rings (SSSR count). The molecule has 1 aromatic carbocycles. The van der Waals surface area contributed by atoms with Gasteiger partial charge in [0.25, 0.3) is 0 Å². The van der Waals surface area contributed by atoms with E-state index in [9.17, 15) is 13.2 Å². The lowest BCUT2D eigenvalue weighted by Crippen LogP contribution is -2.47. The summed E-state index contributed by atoms with van der Waals surface area (Å²) in [4.78, 5) is 2.01. The molecule has 98 valence electrons. The van der Waals surface area contributed by atoms with E-state index in [0.29, 0.717) is 5.69 Å². The normalized spacial score (nSPS) is 30.9. The summed E-state index contributed by atoms with van der Waals surface area (Å²) in [6, 6.07) is 2.78. The molecule has 2 unspecified atom stereocenters. The highest BCUT2D eigenvalue weighted by Gasteiger charge is 2.40. The van der Waals surface area contributed by atoms with Crippen molar-refractivity contribution in [2.45, 2.75) is 43.8 Å². The molecule has 18 heavy (non-hydrogen) atoms. The molecule has 0 amide bonds. The van der Waals surface area contributed by atoms with Crippen LogP contribution in [0.25, 0.3) is 0 Å². The Morgan fingerprint density at radius 3 is 2.00 bits per heavy atom. The second kappa shape index (κ2) is 4.16. The van der Waals surface area contributed by atoms with E-state index in [1.54, 1.807) is 0 Å². The number of nitrogens with two attached hydrogens (primary N) is 1. The van der Waals surface area contributed by atoms with Gasteiger partial charge < -0.3 is 10.6 Å². The van der Waals surface area contributed by atoms with Crippen LogP contribution < -0.4 is 10.6 Å². The zero-order chi connectivity index (χ0) is 12.9. The highest BCUT2D eigenvalue weighted by molar-refractivity contribution is 5.51. The van der Waals surface area contributed by atoms with Crippen LogP contribution in [0, 0.1) is 17.5 Å². The van der Waals surface area contributed by atoms with Crippen molar-refractivity contribution in [2.75, 3.05) is 4.90 Å². The van der Waals surface area contributed by atoms with Crippen LogP contribution in [0.5, 0.6) is 0 Å². The molecule has 2 heterocycles. The lowest BCUT2D eigenvalue weighted by Gasteiger charge is -2.39. The van der Waals surface area contributed by atoms with Gasteiger partial charge in [-0.25, -0.2) is 13.2 Å². The van der Waals surface area contributed by atoms with Crippen LogP contribution in [-0.4, -0.2) is 18.1 Å². The quantitative estimate of drug-likeness (QED) is 0.782. The Morgan fingerprint density at radius 1 is 1.00 bits per heavy atom. The second-order valence-corrected chi connectivity index (χ2v) is 5.25. The molecule has 2 fully saturated rings. The van der Waals surface area contributed by atoms with Crippen molar-refractivity contribution in [1.82, 2.24) is 0 Å². The number of fused-ring (bicyclic) bond motifs is 2. The smallest absolute Gasteiger partial charge is 0.194 e. The van der Waals surface area contributed by atoms with Crippen molar-refractivity contribution in [1.29, 1.82) is 0 Å². The molecule has 2 aliphatic heterocycles. The molecule has 2 nitrogen and oxygen atoms in total. The first kappa shape index (κ1) is 11.8. The van der Waals surface area contributed by atoms with E-state index in [1.807, 2.05) is 4.90 Å². The topological polar surface area (TPSA) is 29.3 Å². The van der Waals surface area contributed by atoms with Crippen LogP contribution in [0.1, 0.15) is 25.7 Å². The summed E-state index contributed by atoms with van der Waals surface area (Å²) in [5, 5.41) is 0. The van der Waals surface area contributed by atoms with E-state index in [4.69, 9.17) is 5.73 Å². The first-order valence-corrected chi connectivity index (χ1v) is 6.24. The van der Waals surface area contributed by atoms with Gasteiger partial charge >= 0.3 is 0 Å². The first-order chi connectivity index (χ1) is 8.56. The van der Waals surface area contributed by atoms with Gasteiger partial charge in [-0.15, -0.1) is 0 Å². The minimum Gasteiger partial charge on any atom is -0.365 e. The van der Waals surface area contributed by atoms with Gasteiger partial charge in [-0.05, 0) is 25.7 Å². The third kappa shape index (κ3) is 1.77. The van der Waals surface area contributed by atoms with E-state index in [1.165, 1.54) is 0 Å². The van der Waals surface area contributed by atoms with E-state index >= 15 is 0 Å². The van der Waals surface area contributed by atoms with E-state index in [0.717, 1.165) is 37.8 Å². The molecule has 2 N–H and O–H groups in total. The van der Waals surface area contributed by atoms with Crippen LogP contribution in [0.3, 0.4) is 0 Å². The molecule has 2 atom stereocenters. The summed E-state index contributed by atoms with van der Waals surface area (Å²) in [5.41, 5.74) is 6.38. The fourth-order valence-corrected chi connectivity index (χ4v) is 3.33. The lowest BCUT2D eigenvalue weighted by atomic mass is 9.97. The van der Waals surface area contributed by atoms with Crippen LogP contribution >= 0.6 is 0 Å². The fraction of sp³-hybridized carbons (Fsp3) is 0.538. The average Bonchev–Trinajstić information content (AvgIpc) is 2.58. The molecule has 1 aromatic rings. The second-order valence-electron chi connectivity index (χ2n) is 5.25. The number of hydrogen-bond donors (Lipinski definition) is 1. The maximum absolute atomic E-state index is 13.3. The molecule has 0 spiro atoms. The standard InChI is InChI=1S/C13H15F3N2/c14-11-5-10(6-12(15)13(11)16)18-8-1-2-9(18)4-7(17)3-8/h5-9H,1-4,17H2. The molecule has 0 radical (unpaired) electrons. The Bertz CT molecular complexity index is 440. The van der Waals surface area contributed by atoms with Gasteiger partial charge in [0.15, 0.2) is 17.5 Å². The summed E-state index contributed by atoms with van der Waals surface area (Å²) in [6.45, 7) is 0. The Kier molecular flexibility index (Phi) is 2.73. The average molecular weight is 256 g/mol. The van der Waals surface area contributed by atoms with E-state index < -0.39 is 17.5 Å². The summed E-state index contributed by atoms with van der Waals surface area (Å²) >= 11 is 0. The van der Waals surface area contributed by atoms with Crippen molar-refractivity contribution in [3.8, 4) is 0 Å². The highest BCUT2D eigenvalue weighted by Crippen LogP contribution is 2.39. The number of benzene rings is 1. The van der Waals surface area contributed by atoms with Crippen LogP contribution in [0.15, 0.2) is 12.1 Å². The minimum atomic E-state index is -1.40. The summed E-state index contributed by atoms with van der Waals surface area (Å²) in [5.74, 6) is -3.65. The maximum Gasteiger partial charge on any atom is 0.194 e. The number of piperidine rings is 1. The molecule has 2 aliphatic rings. The van der Waals surface area contributed by atoms with Crippen LogP contribution in [0.2, 0.25) is 0 Å². The molecular weight excluding hydrogens is 241 g/mol. The Labute approximate surface area is 104 Å². The number of anilines is 1. The monoisotopic (exact) mass is 256 g/mol. The van der Waals surface area contributed by atoms with Gasteiger partial charge in [-0.2, -0.15) is 0 Å². The molecule has 0 saturated carbocycles. The largest absolute Gasteiger partial charge is 0.365 e. The van der Waals surface area contributed by atoms with Gasteiger partial charge in [0.1, 0.15) is 0 Å². The molecule has 2 saturated heterocycles. The Hall–Kier alpha value is -1.23. The van der Waals surface area contributed by atoms with Crippen molar-refractivity contribution >= 4 is 5.69 Å². The molecular formula is C13H15F3N2. The molecule has 0 aliphatic carbocycles. The minimum absolute atomic E-state index is 0.161. The fourth-order valence-electron chi connectivity index (χ4n) is 3.33. The van der Waals surface area contributed by atoms with Gasteiger partial charge in [-0.1, -0.05) is 0 Å². The zero-order valence-corrected chi connectivity index (χ0v) is 9.87. The zero-order valence-electron chi connectivity index (χ0n) is 9.87. The lowest BCUT2D eigenvalue weighted by molar-refractivity contribution is 0.409. The van der Waals surface area contributed by atoms with Gasteiger partial charge in [0.05, 0.1) is 0 Å². The van der Waals surface area contributed by atoms with Crippen LogP contribution in [0.4, 0.5) is 18.9 Å². The molecule has 5 heteroatoms. The highest BCUT2D eigenvalue weighted by atomic mass is 19.2. The predicted molar refractivity (Wildman–Crippen MR) is 62.8 cm³/mol. The predicted octanol–water partition coefficient (Wildman–Crippen LogP) is 2.56. The number of nitrogens with zero attached hydrogens (tertiary/aromatic N) is 1. The van der Waals surface area contributed by atoms with Gasteiger partial charge in [-0.3, -0.25) is 0 Å². The number of rotatable bonds is 1. The van der Waals surface area contributed by atoms with Crippen molar-refractivity contribution in [2.24, 2.45) is 5.73 Å². The van der Waals surface area contributed by atoms with Crippen molar-refractivity contribution in [3.05, 3.63) is 29.6 Å². The van der Waals surface area contributed by atoms with Gasteiger partial charge in [0.2, 0.25) is 0 Å². The maximum atomic E-state index is 13.3. The SMILES string of the molecule is NC1CC2CCC(C1)N2c1cc(F)c(F)c(F)c1. The first-order valence-electron chi connectivity index (χ1n) is 6.24. The van der Waals surface area contributed by atoms with Crippen LogP contribution in [-0.2, 0) is 0 Å². The van der Waals surface area contributed by atoms with Crippen molar-refractivity contribution < 1.29 is 13.2 Å².